The molecule has 2 aliphatic rings. The monoisotopic (exact) mass is 224 g/mol. The van der Waals surface area contributed by atoms with Gasteiger partial charge in [0.05, 0.1) is 5.92 Å². The quantitative estimate of drug-likeness (QED) is 0.763. The van der Waals surface area contributed by atoms with Crippen LogP contribution in [0.1, 0.15) is 39.5 Å². The van der Waals surface area contributed by atoms with Crippen molar-refractivity contribution in [3.63, 3.8) is 0 Å². The Hall–Kier alpha value is -0.570. The third kappa shape index (κ3) is 2.57. The lowest BCUT2D eigenvalue weighted by Crippen LogP contribution is -2.39. The minimum Gasteiger partial charge on any atom is -0.355 e. The molecule has 0 aromatic heterocycles. The number of carbonyl (C=O) groups is 1. The number of hydrogen-bond donors (Lipinski definition) is 2. The molecule has 92 valence electrons. The van der Waals surface area contributed by atoms with Gasteiger partial charge in [-0.2, -0.15) is 0 Å². The number of amides is 1. The van der Waals surface area contributed by atoms with Crippen molar-refractivity contribution in [2.75, 3.05) is 19.6 Å². The molecule has 2 fully saturated rings. The molecule has 3 heteroatoms. The molecule has 1 saturated carbocycles. The van der Waals surface area contributed by atoms with Gasteiger partial charge in [-0.25, -0.2) is 0 Å². The Kier molecular flexibility index (Phi) is 3.53. The molecular weight excluding hydrogens is 200 g/mol. The molecule has 1 heterocycles. The Bertz CT molecular complexity index is 259. The van der Waals surface area contributed by atoms with Crippen molar-refractivity contribution in [1.82, 2.24) is 10.6 Å². The largest absolute Gasteiger partial charge is 0.355 e. The van der Waals surface area contributed by atoms with Crippen LogP contribution in [0, 0.1) is 17.3 Å². The van der Waals surface area contributed by atoms with E-state index in [1.165, 1.54) is 25.7 Å². The second-order valence-electron chi connectivity index (χ2n) is 5.98. The van der Waals surface area contributed by atoms with Gasteiger partial charge in [0, 0.05) is 13.1 Å². The smallest absolute Gasteiger partial charge is 0.224 e. The summed E-state index contributed by atoms with van der Waals surface area (Å²) < 4.78 is 0. The Morgan fingerprint density at radius 1 is 1.38 bits per heavy atom. The van der Waals surface area contributed by atoms with Crippen LogP contribution >= 0.6 is 0 Å². The standard InChI is InChI=1S/C13H24N2O/c1-10-7-14-8-11(10)12(16)15-9-13(2)5-3-4-6-13/h10-11,14H,3-9H2,1-2H3,(H,15,16). The second kappa shape index (κ2) is 4.74. The summed E-state index contributed by atoms with van der Waals surface area (Å²) in [5.41, 5.74) is 0.366. The van der Waals surface area contributed by atoms with Gasteiger partial charge in [0.25, 0.3) is 0 Å². The summed E-state index contributed by atoms with van der Waals surface area (Å²) in [5.74, 6) is 0.923. The molecule has 16 heavy (non-hydrogen) atoms. The van der Waals surface area contributed by atoms with Crippen LogP contribution in [0.5, 0.6) is 0 Å². The zero-order valence-corrected chi connectivity index (χ0v) is 10.5. The maximum atomic E-state index is 12.0. The molecular formula is C13H24N2O. The fourth-order valence-electron chi connectivity index (χ4n) is 3.00. The first-order valence-corrected chi connectivity index (χ1v) is 6.59. The second-order valence-corrected chi connectivity index (χ2v) is 5.98. The summed E-state index contributed by atoms with van der Waals surface area (Å²) in [6.07, 6.45) is 5.19. The maximum Gasteiger partial charge on any atom is 0.224 e. The topological polar surface area (TPSA) is 41.1 Å². The number of hydrogen-bond acceptors (Lipinski definition) is 2. The minimum absolute atomic E-state index is 0.185. The van der Waals surface area contributed by atoms with Crippen molar-refractivity contribution in [1.29, 1.82) is 0 Å². The van der Waals surface area contributed by atoms with Crippen LogP contribution in [0.4, 0.5) is 0 Å². The van der Waals surface area contributed by atoms with Crippen LogP contribution in [-0.4, -0.2) is 25.5 Å². The van der Waals surface area contributed by atoms with E-state index in [1.807, 2.05) is 0 Å². The molecule has 2 rings (SSSR count). The summed E-state index contributed by atoms with van der Waals surface area (Å²) in [4.78, 5) is 12.0. The van der Waals surface area contributed by atoms with Gasteiger partial charge in [-0.1, -0.05) is 26.7 Å². The third-order valence-electron chi connectivity index (χ3n) is 4.35. The minimum atomic E-state index is 0.185. The normalized spacial score (nSPS) is 32.9. The number of rotatable bonds is 3. The van der Waals surface area contributed by atoms with Gasteiger partial charge in [-0.05, 0) is 30.7 Å². The lowest BCUT2D eigenvalue weighted by atomic mass is 9.88. The Balaban J connectivity index is 1.79. The molecule has 1 aliphatic carbocycles. The van der Waals surface area contributed by atoms with Gasteiger partial charge in [-0.15, -0.1) is 0 Å². The zero-order chi connectivity index (χ0) is 11.6. The fourth-order valence-corrected chi connectivity index (χ4v) is 3.00. The SMILES string of the molecule is CC1CNCC1C(=O)NCC1(C)CCCC1. The van der Waals surface area contributed by atoms with Crippen LogP contribution in [0.15, 0.2) is 0 Å². The lowest BCUT2D eigenvalue weighted by molar-refractivity contribution is -0.125. The number of nitrogens with one attached hydrogen (secondary N) is 2. The Morgan fingerprint density at radius 2 is 2.06 bits per heavy atom. The predicted octanol–water partition coefficient (Wildman–Crippen LogP) is 1.54. The summed E-state index contributed by atoms with van der Waals surface area (Å²) >= 11 is 0. The van der Waals surface area contributed by atoms with Gasteiger partial charge in [-0.3, -0.25) is 4.79 Å². The molecule has 2 N–H and O–H groups in total. The molecule has 0 radical (unpaired) electrons. The van der Waals surface area contributed by atoms with E-state index in [0.717, 1.165) is 19.6 Å². The molecule has 0 aromatic carbocycles. The van der Waals surface area contributed by atoms with E-state index in [9.17, 15) is 4.79 Å². The molecule has 0 spiro atoms. The van der Waals surface area contributed by atoms with E-state index in [2.05, 4.69) is 24.5 Å². The van der Waals surface area contributed by atoms with Gasteiger partial charge in [0.2, 0.25) is 5.91 Å². The van der Waals surface area contributed by atoms with Crippen LogP contribution in [0.25, 0.3) is 0 Å². The summed E-state index contributed by atoms with van der Waals surface area (Å²) in [7, 11) is 0. The van der Waals surface area contributed by atoms with Crippen LogP contribution in [-0.2, 0) is 4.79 Å². The van der Waals surface area contributed by atoms with E-state index < -0.39 is 0 Å². The summed E-state index contributed by atoms with van der Waals surface area (Å²) in [6.45, 7) is 7.16. The van der Waals surface area contributed by atoms with Crippen LogP contribution < -0.4 is 10.6 Å². The number of carbonyl (C=O) groups excluding carboxylic acids is 1. The average Bonchev–Trinajstić information content (AvgIpc) is 2.85. The fraction of sp³-hybridized carbons (Fsp3) is 0.923. The first kappa shape index (κ1) is 11.9. The molecule has 3 nitrogen and oxygen atoms in total. The van der Waals surface area contributed by atoms with Gasteiger partial charge < -0.3 is 10.6 Å². The molecule has 1 aliphatic heterocycles. The zero-order valence-electron chi connectivity index (χ0n) is 10.5. The van der Waals surface area contributed by atoms with Crippen molar-refractivity contribution in [3.05, 3.63) is 0 Å². The van der Waals surface area contributed by atoms with Crippen molar-refractivity contribution in [2.24, 2.45) is 17.3 Å². The molecule has 1 amide bonds. The van der Waals surface area contributed by atoms with Crippen molar-refractivity contribution in [2.45, 2.75) is 39.5 Å². The van der Waals surface area contributed by atoms with Crippen molar-refractivity contribution < 1.29 is 4.79 Å². The highest BCUT2D eigenvalue weighted by Gasteiger charge is 2.32. The lowest BCUT2D eigenvalue weighted by Gasteiger charge is -2.25. The third-order valence-corrected chi connectivity index (χ3v) is 4.35. The van der Waals surface area contributed by atoms with E-state index in [4.69, 9.17) is 0 Å². The highest BCUT2D eigenvalue weighted by Crippen LogP contribution is 2.36. The molecule has 2 unspecified atom stereocenters. The van der Waals surface area contributed by atoms with Gasteiger partial charge in [0.15, 0.2) is 0 Å². The summed E-state index contributed by atoms with van der Waals surface area (Å²) in [6, 6.07) is 0. The van der Waals surface area contributed by atoms with E-state index >= 15 is 0 Å². The van der Waals surface area contributed by atoms with E-state index in [-0.39, 0.29) is 11.8 Å². The highest BCUT2D eigenvalue weighted by atomic mass is 16.1. The first-order chi connectivity index (χ1) is 7.61. The molecule has 0 aromatic rings. The summed E-state index contributed by atoms with van der Waals surface area (Å²) in [5, 5.41) is 6.44. The van der Waals surface area contributed by atoms with E-state index in [0.29, 0.717) is 11.3 Å². The van der Waals surface area contributed by atoms with Crippen molar-refractivity contribution in [3.8, 4) is 0 Å². The van der Waals surface area contributed by atoms with E-state index in [1.54, 1.807) is 0 Å². The Morgan fingerprint density at radius 3 is 2.62 bits per heavy atom. The molecule has 1 saturated heterocycles. The first-order valence-electron chi connectivity index (χ1n) is 6.59. The van der Waals surface area contributed by atoms with Gasteiger partial charge in [0.1, 0.15) is 0 Å². The Labute approximate surface area is 98.4 Å². The van der Waals surface area contributed by atoms with Crippen LogP contribution in [0.3, 0.4) is 0 Å². The predicted molar refractivity (Wildman–Crippen MR) is 65.1 cm³/mol. The van der Waals surface area contributed by atoms with Crippen molar-refractivity contribution >= 4 is 5.91 Å². The van der Waals surface area contributed by atoms with Crippen LogP contribution in [0.2, 0.25) is 0 Å². The highest BCUT2D eigenvalue weighted by molar-refractivity contribution is 5.79. The maximum absolute atomic E-state index is 12.0. The molecule has 0 bridgehead atoms. The molecule has 2 atom stereocenters. The average molecular weight is 224 g/mol. The van der Waals surface area contributed by atoms with Gasteiger partial charge >= 0.3 is 0 Å².